The number of amides is 3. The number of carbonyl (C=O) groups is 5. The lowest BCUT2D eigenvalue weighted by molar-refractivity contribution is -0.144. The normalized spacial score (nSPS) is 15.6. The molecule has 11 nitrogen and oxygen atoms in total. The largest absolute Gasteiger partial charge is 0.481 e. The van der Waals surface area contributed by atoms with Crippen molar-refractivity contribution in [3.8, 4) is 0 Å². The molecule has 13 heteroatoms. The number of rotatable bonds is 15. The molecule has 31 heavy (non-hydrogen) atoms. The molecule has 0 aliphatic carbocycles. The van der Waals surface area contributed by atoms with Gasteiger partial charge in [0, 0.05) is 5.75 Å². The van der Waals surface area contributed by atoms with E-state index in [9.17, 15) is 29.1 Å². The second kappa shape index (κ2) is 14.9. The zero-order valence-corrected chi connectivity index (χ0v) is 19.5. The highest BCUT2D eigenvalue weighted by atomic mass is 32.2. The fourth-order valence-electron chi connectivity index (χ4n) is 2.44. The number of thiol groups is 1. The van der Waals surface area contributed by atoms with Crippen LogP contribution in [0.2, 0.25) is 0 Å². The zero-order chi connectivity index (χ0) is 24.1. The smallest absolute Gasteiger partial charge is 0.326 e. The van der Waals surface area contributed by atoms with Gasteiger partial charge in [-0.3, -0.25) is 19.2 Å². The van der Waals surface area contributed by atoms with Crippen LogP contribution < -0.4 is 21.7 Å². The van der Waals surface area contributed by atoms with E-state index in [1.54, 1.807) is 13.8 Å². The van der Waals surface area contributed by atoms with Crippen LogP contribution in [0.15, 0.2) is 0 Å². The lowest BCUT2D eigenvalue weighted by atomic mass is 9.99. The minimum Gasteiger partial charge on any atom is -0.481 e. The summed E-state index contributed by atoms with van der Waals surface area (Å²) >= 11 is 5.49. The summed E-state index contributed by atoms with van der Waals surface area (Å²) in [4.78, 5) is 59.8. The highest BCUT2D eigenvalue weighted by molar-refractivity contribution is 7.98. The third-order valence-electron chi connectivity index (χ3n) is 4.57. The van der Waals surface area contributed by atoms with Gasteiger partial charge in [-0.15, -0.1) is 0 Å². The van der Waals surface area contributed by atoms with Gasteiger partial charge in [-0.1, -0.05) is 20.3 Å². The Kier molecular flexibility index (Phi) is 14.0. The molecule has 3 amide bonds. The molecule has 0 radical (unpaired) electrons. The van der Waals surface area contributed by atoms with E-state index in [4.69, 9.17) is 10.8 Å². The summed E-state index contributed by atoms with van der Waals surface area (Å²) in [5.41, 5.74) is 5.75. The molecule has 5 unspecified atom stereocenters. The van der Waals surface area contributed by atoms with E-state index >= 15 is 0 Å². The molecule has 0 aromatic heterocycles. The van der Waals surface area contributed by atoms with Crippen molar-refractivity contribution in [2.75, 3.05) is 17.8 Å². The highest BCUT2D eigenvalue weighted by Gasteiger charge is 2.32. The first-order valence-corrected chi connectivity index (χ1v) is 11.7. The van der Waals surface area contributed by atoms with Crippen LogP contribution in [-0.2, 0) is 24.0 Å². The van der Waals surface area contributed by atoms with Gasteiger partial charge in [-0.2, -0.15) is 24.4 Å². The van der Waals surface area contributed by atoms with Gasteiger partial charge in [0.05, 0.1) is 12.5 Å². The van der Waals surface area contributed by atoms with Crippen molar-refractivity contribution < 1.29 is 34.2 Å². The first-order chi connectivity index (χ1) is 14.5. The average molecular weight is 481 g/mol. The standard InChI is InChI=1S/C18H32N4O7S2/c1-4-9(2)14(18(28)29)22-17(27)12(8-30)21-16(26)11(7-13(23)24)20-15(25)10(19)5-6-31-3/h9-12,14,30H,4-8,19H2,1-3H3,(H,20,25)(H,21,26)(H,22,27)(H,23,24)(H,28,29). The second-order valence-electron chi connectivity index (χ2n) is 7.00. The molecule has 0 aliphatic rings. The Balaban J connectivity index is 5.25. The lowest BCUT2D eigenvalue weighted by Crippen LogP contribution is -2.58. The Morgan fingerprint density at radius 2 is 1.55 bits per heavy atom. The van der Waals surface area contributed by atoms with Crippen molar-refractivity contribution in [1.29, 1.82) is 0 Å². The minimum atomic E-state index is -1.47. The third-order valence-corrected chi connectivity index (χ3v) is 5.58. The molecule has 0 fully saturated rings. The minimum absolute atomic E-state index is 0.175. The summed E-state index contributed by atoms with van der Waals surface area (Å²) in [6, 6.07) is -4.79. The molecule has 0 saturated heterocycles. The number of nitrogens with one attached hydrogen (secondary N) is 3. The van der Waals surface area contributed by atoms with E-state index < -0.39 is 60.2 Å². The van der Waals surface area contributed by atoms with Crippen LogP contribution in [0.5, 0.6) is 0 Å². The Bertz CT molecular complexity index is 650. The van der Waals surface area contributed by atoms with Crippen LogP contribution in [-0.4, -0.2) is 81.8 Å². The number of hydrogen-bond acceptors (Lipinski definition) is 8. The van der Waals surface area contributed by atoms with Gasteiger partial charge in [-0.05, 0) is 24.3 Å². The fraction of sp³-hybridized carbons (Fsp3) is 0.722. The molecule has 0 spiro atoms. The number of carboxylic acids is 2. The Morgan fingerprint density at radius 1 is 1.00 bits per heavy atom. The van der Waals surface area contributed by atoms with E-state index in [1.807, 2.05) is 6.26 Å². The summed E-state index contributed by atoms with van der Waals surface area (Å²) in [6.45, 7) is 3.43. The second-order valence-corrected chi connectivity index (χ2v) is 8.35. The van der Waals surface area contributed by atoms with Gasteiger partial charge in [0.15, 0.2) is 0 Å². The number of carboxylic acid groups (broad SMARTS) is 2. The van der Waals surface area contributed by atoms with Crippen molar-refractivity contribution in [3.63, 3.8) is 0 Å². The van der Waals surface area contributed by atoms with Gasteiger partial charge in [-0.25, -0.2) is 4.79 Å². The predicted molar refractivity (Wildman–Crippen MR) is 120 cm³/mol. The molecule has 0 bridgehead atoms. The topological polar surface area (TPSA) is 188 Å². The van der Waals surface area contributed by atoms with Crippen molar-refractivity contribution >= 4 is 54.1 Å². The van der Waals surface area contributed by atoms with E-state index in [2.05, 4.69) is 28.6 Å². The van der Waals surface area contributed by atoms with E-state index in [0.29, 0.717) is 18.6 Å². The number of aliphatic carboxylic acids is 2. The third kappa shape index (κ3) is 10.7. The number of carbonyl (C=O) groups excluding carboxylic acids is 3. The van der Waals surface area contributed by atoms with Crippen LogP contribution in [0, 0.1) is 5.92 Å². The number of nitrogens with two attached hydrogens (primary N) is 1. The lowest BCUT2D eigenvalue weighted by Gasteiger charge is -2.25. The quantitative estimate of drug-likeness (QED) is 0.145. The molecule has 7 N–H and O–H groups in total. The van der Waals surface area contributed by atoms with Gasteiger partial charge < -0.3 is 31.9 Å². The zero-order valence-electron chi connectivity index (χ0n) is 17.8. The molecule has 0 aromatic rings. The van der Waals surface area contributed by atoms with Crippen LogP contribution in [0.4, 0.5) is 0 Å². The molecule has 0 rings (SSSR count). The van der Waals surface area contributed by atoms with Crippen LogP contribution in [0.1, 0.15) is 33.1 Å². The molecular weight excluding hydrogens is 448 g/mol. The summed E-state index contributed by atoms with van der Waals surface area (Å²) < 4.78 is 0. The predicted octanol–water partition coefficient (Wildman–Crippen LogP) is -0.944. The molecule has 178 valence electrons. The van der Waals surface area contributed by atoms with Gasteiger partial charge in [0.1, 0.15) is 18.1 Å². The SMILES string of the molecule is CCC(C)C(NC(=O)C(CS)NC(=O)C(CC(=O)O)NC(=O)C(N)CCSC)C(=O)O. The molecule has 0 saturated carbocycles. The van der Waals surface area contributed by atoms with Crippen LogP contribution in [0.25, 0.3) is 0 Å². The van der Waals surface area contributed by atoms with E-state index in [1.165, 1.54) is 11.8 Å². The Hall–Kier alpha value is -1.99. The van der Waals surface area contributed by atoms with Crippen LogP contribution in [0.3, 0.4) is 0 Å². The summed E-state index contributed by atoms with van der Waals surface area (Å²) in [5.74, 6) is -4.89. The summed E-state index contributed by atoms with van der Waals surface area (Å²) in [7, 11) is 0. The molecule has 0 aromatic carbocycles. The average Bonchev–Trinajstić information content (AvgIpc) is 2.71. The summed E-state index contributed by atoms with van der Waals surface area (Å²) in [6.07, 6.45) is 1.95. The van der Waals surface area contributed by atoms with Gasteiger partial charge in [0.2, 0.25) is 17.7 Å². The molecular formula is C18H32N4O7S2. The van der Waals surface area contributed by atoms with Crippen molar-refractivity contribution in [1.82, 2.24) is 16.0 Å². The maximum atomic E-state index is 12.6. The van der Waals surface area contributed by atoms with Crippen molar-refractivity contribution in [2.24, 2.45) is 11.7 Å². The summed E-state index contributed by atoms with van der Waals surface area (Å²) in [5, 5.41) is 25.4. The number of thioether (sulfide) groups is 1. The van der Waals surface area contributed by atoms with Gasteiger partial charge >= 0.3 is 11.9 Å². The monoisotopic (exact) mass is 480 g/mol. The Morgan fingerprint density at radius 3 is 2.00 bits per heavy atom. The van der Waals surface area contributed by atoms with E-state index in [0.717, 1.165) is 0 Å². The van der Waals surface area contributed by atoms with Crippen LogP contribution >= 0.6 is 24.4 Å². The van der Waals surface area contributed by atoms with Gasteiger partial charge in [0.25, 0.3) is 0 Å². The molecule has 5 atom stereocenters. The van der Waals surface area contributed by atoms with E-state index in [-0.39, 0.29) is 11.7 Å². The maximum Gasteiger partial charge on any atom is 0.326 e. The first kappa shape index (κ1) is 29.0. The first-order valence-electron chi connectivity index (χ1n) is 9.69. The fourth-order valence-corrected chi connectivity index (χ4v) is 3.19. The molecule has 0 aliphatic heterocycles. The highest BCUT2D eigenvalue weighted by Crippen LogP contribution is 2.09. The van der Waals surface area contributed by atoms with Crippen molar-refractivity contribution in [2.45, 2.75) is 57.3 Å². The van der Waals surface area contributed by atoms with Crippen molar-refractivity contribution in [3.05, 3.63) is 0 Å². The Labute approximate surface area is 191 Å². The number of hydrogen-bond donors (Lipinski definition) is 7. The molecule has 0 heterocycles. The maximum absolute atomic E-state index is 12.6.